The molecule has 0 aliphatic heterocycles. The van der Waals surface area contributed by atoms with Crippen molar-refractivity contribution in [2.24, 2.45) is 10.9 Å². The highest BCUT2D eigenvalue weighted by atomic mass is 35.5. The topological polar surface area (TPSA) is 84.4 Å². The van der Waals surface area contributed by atoms with Crippen LogP contribution in [-0.2, 0) is 0 Å². The van der Waals surface area contributed by atoms with Crippen molar-refractivity contribution in [3.8, 4) is 0 Å². The molecular weight excluding hydrogens is 307 g/mol. The van der Waals surface area contributed by atoms with Crippen LogP contribution >= 0.6 is 35.0 Å². The van der Waals surface area contributed by atoms with Crippen molar-refractivity contribution >= 4 is 40.8 Å². The first-order valence-electron chi connectivity index (χ1n) is 5.04. The molecule has 0 amide bonds. The zero-order valence-corrected chi connectivity index (χ0v) is 11.7. The maximum atomic E-state index is 8.68. The quantitative estimate of drug-likeness (QED) is 0.394. The van der Waals surface area contributed by atoms with Gasteiger partial charge in [0.15, 0.2) is 5.84 Å². The number of pyridine rings is 2. The maximum absolute atomic E-state index is 8.68. The monoisotopic (exact) mass is 314 g/mol. The Morgan fingerprint density at radius 3 is 2.63 bits per heavy atom. The standard InChI is InChI=1S/C11H8Cl2N4OS/c12-7-2-1-4-15-10(7)19-11-8(13)6(3-5-16-11)9(14)17-18/h1-5,18H,(H2,14,17). The van der Waals surface area contributed by atoms with Crippen LogP contribution in [0.15, 0.2) is 45.8 Å². The molecule has 0 atom stereocenters. The van der Waals surface area contributed by atoms with Gasteiger partial charge in [0.2, 0.25) is 0 Å². The van der Waals surface area contributed by atoms with Crippen molar-refractivity contribution in [1.29, 1.82) is 0 Å². The molecule has 0 aromatic carbocycles. The van der Waals surface area contributed by atoms with Crippen molar-refractivity contribution in [2.75, 3.05) is 0 Å². The van der Waals surface area contributed by atoms with Crippen molar-refractivity contribution in [1.82, 2.24) is 9.97 Å². The van der Waals surface area contributed by atoms with E-state index < -0.39 is 0 Å². The molecule has 0 fully saturated rings. The van der Waals surface area contributed by atoms with Gasteiger partial charge >= 0.3 is 0 Å². The minimum atomic E-state index is -0.0821. The third-order valence-electron chi connectivity index (χ3n) is 2.16. The number of hydrogen-bond acceptors (Lipinski definition) is 5. The number of nitrogens with zero attached hydrogens (tertiary/aromatic N) is 3. The summed E-state index contributed by atoms with van der Waals surface area (Å²) in [5, 5.41) is 13.4. The molecule has 2 aromatic rings. The number of halogens is 2. The van der Waals surface area contributed by atoms with Crippen LogP contribution in [0, 0.1) is 0 Å². The van der Waals surface area contributed by atoms with Gasteiger partial charge in [-0.3, -0.25) is 0 Å². The molecular formula is C11H8Cl2N4OS. The summed E-state index contributed by atoms with van der Waals surface area (Å²) in [6.45, 7) is 0. The third-order valence-corrected chi connectivity index (χ3v) is 4.09. The highest BCUT2D eigenvalue weighted by Gasteiger charge is 2.14. The summed E-state index contributed by atoms with van der Waals surface area (Å²) in [7, 11) is 0. The largest absolute Gasteiger partial charge is 0.409 e. The van der Waals surface area contributed by atoms with Gasteiger partial charge < -0.3 is 10.9 Å². The molecule has 2 rings (SSSR count). The summed E-state index contributed by atoms with van der Waals surface area (Å²) in [5.41, 5.74) is 5.92. The Bertz CT molecular complexity index is 636. The van der Waals surface area contributed by atoms with Gasteiger partial charge in [0.25, 0.3) is 0 Å². The van der Waals surface area contributed by atoms with E-state index in [9.17, 15) is 0 Å². The Kier molecular flexibility index (Phi) is 4.47. The molecule has 0 unspecified atom stereocenters. The number of oxime groups is 1. The van der Waals surface area contributed by atoms with E-state index in [1.165, 1.54) is 18.0 Å². The maximum Gasteiger partial charge on any atom is 0.171 e. The van der Waals surface area contributed by atoms with E-state index in [1.54, 1.807) is 24.4 Å². The molecule has 3 N–H and O–H groups in total. The van der Waals surface area contributed by atoms with Crippen LogP contribution in [-0.4, -0.2) is 21.0 Å². The van der Waals surface area contributed by atoms with Gasteiger partial charge in [-0.25, -0.2) is 9.97 Å². The average Bonchev–Trinajstić information content (AvgIpc) is 2.42. The molecule has 98 valence electrons. The van der Waals surface area contributed by atoms with Gasteiger partial charge in [-0.2, -0.15) is 0 Å². The first-order valence-corrected chi connectivity index (χ1v) is 6.61. The molecule has 0 aliphatic carbocycles. The molecule has 2 heterocycles. The van der Waals surface area contributed by atoms with Crippen LogP contribution in [0.25, 0.3) is 0 Å². The van der Waals surface area contributed by atoms with Crippen LogP contribution in [0.4, 0.5) is 0 Å². The van der Waals surface area contributed by atoms with Crippen molar-refractivity contribution in [3.63, 3.8) is 0 Å². The van der Waals surface area contributed by atoms with E-state index in [1.807, 2.05) is 0 Å². The molecule has 0 spiro atoms. The van der Waals surface area contributed by atoms with E-state index in [0.29, 0.717) is 20.6 Å². The predicted octanol–water partition coefficient (Wildman–Crippen LogP) is 3.03. The molecule has 2 aromatic heterocycles. The van der Waals surface area contributed by atoms with Crippen LogP contribution in [0.3, 0.4) is 0 Å². The highest BCUT2D eigenvalue weighted by molar-refractivity contribution is 7.99. The Labute approximate surface area is 123 Å². The fourth-order valence-electron chi connectivity index (χ4n) is 1.29. The lowest BCUT2D eigenvalue weighted by Crippen LogP contribution is -2.14. The second kappa shape index (κ2) is 6.10. The number of nitrogens with two attached hydrogens (primary N) is 1. The Morgan fingerprint density at radius 2 is 1.95 bits per heavy atom. The fraction of sp³-hybridized carbons (Fsp3) is 0. The van der Waals surface area contributed by atoms with E-state index in [4.69, 9.17) is 34.1 Å². The Morgan fingerprint density at radius 1 is 1.21 bits per heavy atom. The van der Waals surface area contributed by atoms with Gasteiger partial charge in [-0.05, 0) is 30.0 Å². The predicted molar refractivity (Wildman–Crippen MR) is 75.1 cm³/mol. The SMILES string of the molecule is N/C(=N/O)c1ccnc(Sc2ncccc2Cl)c1Cl. The first kappa shape index (κ1) is 13.9. The summed E-state index contributed by atoms with van der Waals surface area (Å²) in [5.74, 6) is -0.0821. The summed E-state index contributed by atoms with van der Waals surface area (Å²) in [6, 6.07) is 5.01. The lowest BCUT2D eigenvalue weighted by Gasteiger charge is -2.07. The molecule has 0 radical (unpaired) electrons. The number of rotatable bonds is 3. The van der Waals surface area contributed by atoms with Gasteiger partial charge in [-0.15, -0.1) is 0 Å². The second-order valence-electron chi connectivity index (χ2n) is 3.36. The van der Waals surface area contributed by atoms with Crippen molar-refractivity contribution in [3.05, 3.63) is 46.2 Å². The summed E-state index contributed by atoms with van der Waals surface area (Å²) < 4.78 is 0. The molecule has 19 heavy (non-hydrogen) atoms. The van der Waals surface area contributed by atoms with E-state index in [2.05, 4.69) is 15.1 Å². The fourth-order valence-corrected chi connectivity index (χ4v) is 2.62. The summed E-state index contributed by atoms with van der Waals surface area (Å²) >= 11 is 13.4. The normalized spacial score (nSPS) is 11.6. The molecule has 0 saturated carbocycles. The molecule has 8 heteroatoms. The summed E-state index contributed by atoms with van der Waals surface area (Å²) in [6.07, 6.45) is 3.13. The Balaban J connectivity index is 2.40. The minimum absolute atomic E-state index is 0.0821. The van der Waals surface area contributed by atoms with Crippen LogP contribution in [0.2, 0.25) is 10.0 Å². The minimum Gasteiger partial charge on any atom is -0.409 e. The van der Waals surface area contributed by atoms with Crippen LogP contribution in [0.5, 0.6) is 0 Å². The molecule has 0 aliphatic rings. The average molecular weight is 315 g/mol. The second-order valence-corrected chi connectivity index (χ2v) is 5.12. The first-order chi connectivity index (χ1) is 9.13. The lowest BCUT2D eigenvalue weighted by atomic mass is 10.2. The Hall–Kier alpha value is -1.50. The number of amidine groups is 1. The molecule has 5 nitrogen and oxygen atoms in total. The van der Waals surface area contributed by atoms with Gasteiger partial charge in [0, 0.05) is 18.0 Å². The van der Waals surface area contributed by atoms with E-state index in [-0.39, 0.29) is 10.9 Å². The smallest absolute Gasteiger partial charge is 0.171 e. The highest BCUT2D eigenvalue weighted by Crippen LogP contribution is 2.35. The zero-order chi connectivity index (χ0) is 13.8. The van der Waals surface area contributed by atoms with Crippen molar-refractivity contribution in [2.45, 2.75) is 10.1 Å². The van der Waals surface area contributed by atoms with Crippen LogP contribution < -0.4 is 5.73 Å². The number of aromatic nitrogens is 2. The third kappa shape index (κ3) is 3.09. The molecule has 0 bridgehead atoms. The number of hydrogen-bond donors (Lipinski definition) is 2. The van der Waals surface area contributed by atoms with Crippen LogP contribution in [0.1, 0.15) is 5.56 Å². The zero-order valence-electron chi connectivity index (χ0n) is 9.42. The van der Waals surface area contributed by atoms with Gasteiger partial charge in [0.1, 0.15) is 10.1 Å². The lowest BCUT2D eigenvalue weighted by molar-refractivity contribution is 0.318. The van der Waals surface area contributed by atoms with Gasteiger partial charge in [0.05, 0.1) is 10.0 Å². The van der Waals surface area contributed by atoms with E-state index >= 15 is 0 Å². The molecule has 0 saturated heterocycles. The van der Waals surface area contributed by atoms with Gasteiger partial charge in [-0.1, -0.05) is 28.4 Å². The summed E-state index contributed by atoms with van der Waals surface area (Å²) in [4.78, 5) is 8.26. The van der Waals surface area contributed by atoms with Crippen molar-refractivity contribution < 1.29 is 5.21 Å². The van der Waals surface area contributed by atoms with E-state index in [0.717, 1.165) is 0 Å².